The standard InChI is InChI=1S/C26H23NO3/c28-26(27-18-11-12-19(27)15-17(14-18)25-10-5-13-29-25)30-16-24-22-8-3-1-6-20(22)21-7-2-4-9-23(21)24/h1-10,13-14,18-19,24H,11-12,15-16H2. The minimum Gasteiger partial charge on any atom is -0.465 e. The van der Waals surface area contributed by atoms with E-state index in [9.17, 15) is 4.79 Å². The van der Waals surface area contributed by atoms with E-state index in [4.69, 9.17) is 9.15 Å². The molecule has 1 aliphatic carbocycles. The van der Waals surface area contributed by atoms with Crippen LogP contribution in [0.3, 0.4) is 0 Å². The van der Waals surface area contributed by atoms with Crippen LogP contribution in [0.1, 0.15) is 42.1 Å². The van der Waals surface area contributed by atoms with Crippen molar-refractivity contribution in [1.82, 2.24) is 4.90 Å². The summed E-state index contributed by atoms with van der Waals surface area (Å²) in [6, 6.07) is 21.1. The first-order valence-corrected chi connectivity index (χ1v) is 10.7. The molecule has 0 radical (unpaired) electrons. The Hall–Kier alpha value is -3.27. The topological polar surface area (TPSA) is 42.7 Å². The fraction of sp³-hybridized carbons (Fsp3) is 0.269. The minimum atomic E-state index is -0.195. The van der Waals surface area contributed by atoms with Crippen molar-refractivity contribution in [3.63, 3.8) is 0 Å². The first kappa shape index (κ1) is 17.6. The van der Waals surface area contributed by atoms with Gasteiger partial charge in [0.05, 0.1) is 12.3 Å². The van der Waals surface area contributed by atoms with Gasteiger partial charge in [-0.1, -0.05) is 54.6 Å². The van der Waals surface area contributed by atoms with Crippen molar-refractivity contribution in [2.24, 2.45) is 0 Å². The summed E-state index contributed by atoms with van der Waals surface area (Å²) in [4.78, 5) is 15.0. The molecule has 1 amide bonds. The Morgan fingerprint density at radius 3 is 2.37 bits per heavy atom. The molecule has 3 heterocycles. The maximum atomic E-state index is 13.1. The number of benzene rings is 2. The van der Waals surface area contributed by atoms with Crippen molar-refractivity contribution in [1.29, 1.82) is 0 Å². The highest BCUT2D eigenvalue weighted by molar-refractivity contribution is 5.79. The van der Waals surface area contributed by atoms with Gasteiger partial charge < -0.3 is 9.15 Å². The number of hydrogen-bond donors (Lipinski definition) is 0. The van der Waals surface area contributed by atoms with Crippen LogP contribution in [0.25, 0.3) is 16.7 Å². The van der Waals surface area contributed by atoms with E-state index < -0.39 is 0 Å². The third-order valence-corrected chi connectivity index (χ3v) is 6.78. The van der Waals surface area contributed by atoms with E-state index in [-0.39, 0.29) is 24.1 Å². The Balaban J connectivity index is 1.21. The summed E-state index contributed by atoms with van der Waals surface area (Å²) in [6.45, 7) is 0.373. The molecule has 2 bridgehead atoms. The van der Waals surface area contributed by atoms with Gasteiger partial charge in [0.1, 0.15) is 12.4 Å². The third kappa shape index (κ3) is 2.71. The second-order valence-corrected chi connectivity index (χ2v) is 8.38. The summed E-state index contributed by atoms with van der Waals surface area (Å²) in [6.07, 6.45) is 6.52. The van der Waals surface area contributed by atoms with Crippen LogP contribution in [-0.2, 0) is 4.74 Å². The Labute approximate surface area is 175 Å². The van der Waals surface area contributed by atoms with Gasteiger partial charge in [-0.05, 0) is 59.2 Å². The number of nitrogens with zero attached hydrogens (tertiary/aromatic N) is 1. The second-order valence-electron chi connectivity index (χ2n) is 8.38. The molecule has 1 fully saturated rings. The summed E-state index contributed by atoms with van der Waals surface area (Å²) in [5, 5.41) is 0. The van der Waals surface area contributed by atoms with E-state index in [0.717, 1.165) is 25.0 Å². The lowest BCUT2D eigenvalue weighted by molar-refractivity contribution is 0.0865. The van der Waals surface area contributed by atoms with E-state index in [0.29, 0.717) is 6.61 Å². The van der Waals surface area contributed by atoms with Crippen LogP contribution >= 0.6 is 0 Å². The molecule has 0 spiro atoms. The number of amides is 1. The molecule has 3 aliphatic rings. The SMILES string of the molecule is O=C(OCC1c2ccccc2-c2ccccc21)N1C2C=C(c3ccco3)CC1CC2. The number of ether oxygens (including phenoxy) is 1. The molecule has 1 aromatic heterocycles. The molecular weight excluding hydrogens is 374 g/mol. The summed E-state index contributed by atoms with van der Waals surface area (Å²) in [5.41, 5.74) is 6.19. The van der Waals surface area contributed by atoms with Crippen LogP contribution in [0.5, 0.6) is 0 Å². The van der Waals surface area contributed by atoms with Crippen molar-refractivity contribution in [3.05, 3.63) is 89.9 Å². The number of hydrogen-bond acceptors (Lipinski definition) is 3. The van der Waals surface area contributed by atoms with E-state index >= 15 is 0 Å². The number of fused-ring (bicyclic) bond motifs is 5. The van der Waals surface area contributed by atoms with Gasteiger partial charge in [0.2, 0.25) is 0 Å². The maximum absolute atomic E-state index is 13.1. The first-order chi connectivity index (χ1) is 14.8. The van der Waals surface area contributed by atoms with Crippen molar-refractivity contribution < 1.29 is 13.9 Å². The molecule has 1 saturated heterocycles. The molecular formula is C26H23NO3. The largest absolute Gasteiger partial charge is 0.465 e. The Kier molecular flexibility index (Phi) is 4.05. The van der Waals surface area contributed by atoms with E-state index in [1.54, 1.807) is 6.26 Å². The highest BCUT2D eigenvalue weighted by Gasteiger charge is 2.41. The molecule has 0 N–H and O–H groups in total. The quantitative estimate of drug-likeness (QED) is 0.557. The van der Waals surface area contributed by atoms with E-state index in [1.807, 2.05) is 17.0 Å². The van der Waals surface area contributed by atoms with Crippen LogP contribution in [0.2, 0.25) is 0 Å². The molecule has 2 atom stereocenters. The van der Waals surface area contributed by atoms with Gasteiger partial charge in [0.15, 0.2) is 0 Å². The van der Waals surface area contributed by atoms with Crippen molar-refractivity contribution in [2.75, 3.05) is 6.61 Å². The summed E-state index contributed by atoms with van der Waals surface area (Å²) in [7, 11) is 0. The van der Waals surface area contributed by atoms with Gasteiger partial charge >= 0.3 is 6.09 Å². The van der Waals surface area contributed by atoms with Crippen LogP contribution in [0.15, 0.2) is 77.4 Å². The first-order valence-electron chi connectivity index (χ1n) is 10.7. The molecule has 3 aromatic rings. The van der Waals surface area contributed by atoms with Crippen molar-refractivity contribution in [3.8, 4) is 11.1 Å². The number of carbonyl (C=O) groups is 1. The summed E-state index contributed by atoms with van der Waals surface area (Å²) >= 11 is 0. The fourth-order valence-corrected chi connectivity index (χ4v) is 5.43. The zero-order chi connectivity index (χ0) is 20.1. The lowest BCUT2D eigenvalue weighted by atomic mass is 9.98. The van der Waals surface area contributed by atoms with Crippen molar-refractivity contribution in [2.45, 2.75) is 37.3 Å². The average Bonchev–Trinajstić information content (AvgIpc) is 3.48. The molecule has 2 unspecified atom stereocenters. The predicted octanol–water partition coefficient (Wildman–Crippen LogP) is 5.85. The van der Waals surface area contributed by atoms with E-state index in [2.05, 4.69) is 54.6 Å². The lowest BCUT2D eigenvalue weighted by Crippen LogP contribution is -2.43. The van der Waals surface area contributed by atoms with Gasteiger partial charge in [0, 0.05) is 12.0 Å². The minimum absolute atomic E-state index is 0.0954. The molecule has 6 rings (SSSR count). The Bertz CT molecular complexity index is 1090. The second kappa shape index (κ2) is 6.91. The van der Waals surface area contributed by atoms with Gasteiger partial charge in [-0.15, -0.1) is 0 Å². The zero-order valence-electron chi connectivity index (χ0n) is 16.7. The number of carbonyl (C=O) groups excluding carboxylic acids is 1. The zero-order valence-corrected chi connectivity index (χ0v) is 16.7. The highest BCUT2D eigenvalue weighted by atomic mass is 16.6. The smallest absolute Gasteiger partial charge is 0.410 e. The maximum Gasteiger partial charge on any atom is 0.410 e. The van der Waals surface area contributed by atoms with Gasteiger partial charge in [0.25, 0.3) is 0 Å². The summed E-state index contributed by atoms with van der Waals surface area (Å²) < 4.78 is 11.5. The monoisotopic (exact) mass is 397 g/mol. The lowest BCUT2D eigenvalue weighted by Gasteiger charge is -2.33. The van der Waals surface area contributed by atoms with Crippen molar-refractivity contribution >= 4 is 11.7 Å². The van der Waals surface area contributed by atoms with Crippen LogP contribution in [0, 0.1) is 0 Å². The van der Waals surface area contributed by atoms with Crippen LogP contribution in [0.4, 0.5) is 4.79 Å². The fourth-order valence-electron chi connectivity index (χ4n) is 5.43. The average molecular weight is 397 g/mol. The molecule has 0 saturated carbocycles. The normalized spacial score (nSPS) is 21.9. The van der Waals surface area contributed by atoms with Crippen LogP contribution < -0.4 is 0 Å². The number of furan rings is 1. The summed E-state index contributed by atoms with van der Waals surface area (Å²) in [5.74, 6) is 1.01. The molecule has 4 heteroatoms. The van der Waals surface area contributed by atoms with Gasteiger partial charge in [-0.2, -0.15) is 0 Å². The molecule has 2 aromatic carbocycles. The number of rotatable bonds is 3. The molecule has 2 aliphatic heterocycles. The highest BCUT2D eigenvalue weighted by Crippen LogP contribution is 2.45. The van der Waals surface area contributed by atoms with E-state index in [1.165, 1.54) is 27.8 Å². The Morgan fingerprint density at radius 2 is 1.70 bits per heavy atom. The van der Waals surface area contributed by atoms with Gasteiger partial charge in [-0.25, -0.2) is 4.79 Å². The predicted molar refractivity (Wildman–Crippen MR) is 115 cm³/mol. The molecule has 4 nitrogen and oxygen atoms in total. The Morgan fingerprint density at radius 1 is 0.967 bits per heavy atom. The van der Waals surface area contributed by atoms with Crippen LogP contribution in [-0.4, -0.2) is 29.7 Å². The molecule has 30 heavy (non-hydrogen) atoms. The third-order valence-electron chi connectivity index (χ3n) is 6.78. The molecule has 150 valence electrons. The van der Waals surface area contributed by atoms with Gasteiger partial charge in [-0.3, -0.25) is 4.90 Å².